The van der Waals surface area contributed by atoms with Crippen molar-refractivity contribution in [2.45, 2.75) is 20.8 Å². The second-order valence-corrected chi connectivity index (χ2v) is 8.72. The van der Waals surface area contributed by atoms with E-state index in [2.05, 4.69) is 13.2 Å². The van der Waals surface area contributed by atoms with Gasteiger partial charge < -0.3 is 14.2 Å². The molecule has 0 aliphatic heterocycles. The molecule has 0 aliphatic carbocycles. The number of esters is 2. The summed E-state index contributed by atoms with van der Waals surface area (Å²) in [5, 5.41) is 0. The zero-order chi connectivity index (χ0) is 28.4. The van der Waals surface area contributed by atoms with Gasteiger partial charge in [-0.25, -0.2) is 9.59 Å². The van der Waals surface area contributed by atoms with Crippen LogP contribution in [0.25, 0.3) is 17.2 Å². The van der Waals surface area contributed by atoms with E-state index in [9.17, 15) is 14.4 Å². The van der Waals surface area contributed by atoms with E-state index in [0.29, 0.717) is 40.6 Å². The van der Waals surface area contributed by atoms with E-state index in [1.165, 1.54) is 6.08 Å². The lowest BCUT2D eigenvalue weighted by atomic mass is 10.0. The molecule has 39 heavy (non-hydrogen) atoms. The minimum atomic E-state index is -0.521. The van der Waals surface area contributed by atoms with Crippen molar-refractivity contribution < 1.29 is 28.6 Å². The van der Waals surface area contributed by atoms with E-state index in [-0.39, 0.29) is 5.78 Å². The fourth-order valence-corrected chi connectivity index (χ4v) is 3.28. The van der Waals surface area contributed by atoms with Gasteiger partial charge in [0.25, 0.3) is 0 Å². The number of hydrogen-bond donors (Lipinski definition) is 0. The summed E-state index contributed by atoms with van der Waals surface area (Å²) in [5.74, 6) is 0.191. The molecule has 0 amide bonds. The molecule has 3 aromatic rings. The third-order valence-electron chi connectivity index (χ3n) is 5.43. The number of benzene rings is 3. The first-order valence-corrected chi connectivity index (χ1v) is 12.2. The van der Waals surface area contributed by atoms with Crippen LogP contribution in [0.3, 0.4) is 0 Å². The maximum atomic E-state index is 12.7. The molecule has 0 aromatic heterocycles. The van der Waals surface area contributed by atoms with Crippen LogP contribution >= 0.6 is 0 Å². The minimum Gasteiger partial charge on any atom is -0.489 e. The van der Waals surface area contributed by atoms with Crippen molar-refractivity contribution in [1.82, 2.24) is 0 Å². The summed E-state index contributed by atoms with van der Waals surface area (Å²) in [6, 6.07) is 19.1. The van der Waals surface area contributed by atoms with Crippen molar-refractivity contribution in [3.63, 3.8) is 0 Å². The van der Waals surface area contributed by atoms with E-state index >= 15 is 0 Å². The lowest BCUT2D eigenvalue weighted by Crippen LogP contribution is -2.08. The highest BCUT2D eigenvalue weighted by Gasteiger charge is 2.11. The number of allylic oxidation sites excluding steroid dienone is 2. The number of ketones is 1. The minimum absolute atomic E-state index is 0.201. The third kappa shape index (κ3) is 8.27. The van der Waals surface area contributed by atoms with Crippen LogP contribution in [0.5, 0.6) is 17.2 Å². The first-order chi connectivity index (χ1) is 18.7. The Morgan fingerprint density at radius 1 is 0.795 bits per heavy atom. The normalized spacial score (nSPS) is 10.8. The predicted octanol–water partition coefficient (Wildman–Crippen LogP) is 7.17. The summed E-state index contributed by atoms with van der Waals surface area (Å²) >= 11 is 0. The van der Waals surface area contributed by atoms with Crippen molar-refractivity contribution in [3.8, 4) is 28.4 Å². The molecule has 3 aromatic carbocycles. The fraction of sp³-hybridized carbons (Fsp3) is 0.121. The van der Waals surface area contributed by atoms with E-state index in [1.54, 1.807) is 56.3 Å². The van der Waals surface area contributed by atoms with Gasteiger partial charge in [-0.2, -0.15) is 0 Å². The Labute approximate surface area is 228 Å². The van der Waals surface area contributed by atoms with Gasteiger partial charge in [0.1, 0.15) is 23.9 Å². The SMILES string of the molecule is C=C(C)C(=O)Oc1ccc(C(=O)/C=C/c2ccc(-c3ccc(OC(=O)C(=C)C)cc3)c(OC/C=C/C)c2)cc1. The van der Waals surface area contributed by atoms with Gasteiger partial charge in [0.2, 0.25) is 0 Å². The van der Waals surface area contributed by atoms with Gasteiger partial charge in [0.15, 0.2) is 5.78 Å². The van der Waals surface area contributed by atoms with E-state index < -0.39 is 11.9 Å². The largest absolute Gasteiger partial charge is 0.489 e. The molecule has 198 valence electrons. The molecule has 0 saturated carbocycles. The standard InChI is InChI=1S/C33H30O6/c1-6-7-20-37-31-21-24(8-18-29(31)25-10-14-27(15-11-25)38-32(35)22(2)3)9-19-30(34)26-12-16-28(17-13-26)39-33(36)23(4)5/h6-19,21H,2,4,20H2,1,3,5H3/b7-6+,19-9+. The van der Waals surface area contributed by atoms with Gasteiger partial charge in [-0.3, -0.25) is 4.79 Å². The molecule has 0 saturated heterocycles. The lowest BCUT2D eigenvalue weighted by Gasteiger charge is -2.12. The molecule has 0 aliphatic rings. The van der Waals surface area contributed by atoms with Gasteiger partial charge in [-0.1, -0.05) is 55.7 Å². The lowest BCUT2D eigenvalue weighted by molar-refractivity contribution is -0.130. The Kier molecular flexibility index (Phi) is 9.93. The summed E-state index contributed by atoms with van der Waals surface area (Å²) in [4.78, 5) is 36.1. The molecule has 0 atom stereocenters. The second kappa shape index (κ2) is 13.5. The number of hydrogen-bond acceptors (Lipinski definition) is 6. The zero-order valence-electron chi connectivity index (χ0n) is 22.2. The van der Waals surface area contributed by atoms with Crippen molar-refractivity contribution in [1.29, 1.82) is 0 Å². The van der Waals surface area contributed by atoms with Gasteiger partial charge >= 0.3 is 11.9 Å². The fourth-order valence-electron chi connectivity index (χ4n) is 3.28. The number of carbonyl (C=O) groups excluding carboxylic acids is 3. The van der Waals surface area contributed by atoms with Gasteiger partial charge in [-0.15, -0.1) is 0 Å². The summed E-state index contributed by atoms with van der Waals surface area (Å²) in [7, 11) is 0. The maximum absolute atomic E-state index is 12.7. The molecule has 0 bridgehead atoms. The first kappa shape index (κ1) is 28.6. The molecule has 3 rings (SSSR count). The van der Waals surface area contributed by atoms with E-state index in [0.717, 1.165) is 16.7 Å². The highest BCUT2D eigenvalue weighted by Crippen LogP contribution is 2.33. The Hall–Kier alpha value is -4.97. The van der Waals surface area contributed by atoms with Gasteiger partial charge in [0, 0.05) is 22.3 Å². The van der Waals surface area contributed by atoms with Crippen LogP contribution in [0.2, 0.25) is 0 Å². The Morgan fingerprint density at radius 3 is 1.90 bits per heavy atom. The average molecular weight is 523 g/mol. The van der Waals surface area contributed by atoms with E-state index in [1.807, 2.05) is 49.4 Å². The Balaban J connectivity index is 1.79. The van der Waals surface area contributed by atoms with Gasteiger partial charge in [0.05, 0.1) is 0 Å². The molecule has 0 fully saturated rings. The topological polar surface area (TPSA) is 78.9 Å². The molecule has 6 nitrogen and oxygen atoms in total. The maximum Gasteiger partial charge on any atom is 0.338 e. The molecule has 6 heteroatoms. The quantitative estimate of drug-likeness (QED) is 0.0873. The van der Waals surface area contributed by atoms with Crippen LogP contribution in [0, 0.1) is 0 Å². The highest BCUT2D eigenvalue weighted by molar-refractivity contribution is 6.07. The van der Waals surface area contributed by atoms with Crippen LogP contribution < -0.4 is 14.2 Å². The molecule has 0 unspecified atom stereocenters. The number of ether oxygens (including phenoxy) is 3. The summed E-state index contributed by atoms with van der Waals surface area (Å²) in [6.07, 6.45) is 6.99. The smallest absolute Gasteiger partial charge is 0.338 e. The molecule has 0 spiro atoms. The van der Waals surface area contributed by atoms with Crippen LogP contribution in [0.15, 0.2) is 109 Å². The van der Waals surface area contributed by atoms with Crippen LogP contribution in [-0.4, -0.2) is 24.3 Å². The van der Waals surface area contributed by atoms with E-state index in [4.69, 9.17) is 14.2 Å². The molecule has 0 radical (unpaired) electrons. The average Bonchev–Trinajstić information content (AvgIpc) is 2.92. The van der Waals surface area contributed by atoms with Crippen LogP contribution in [-0.2, 0) is 9.59 Å². The van der Waals surface area contributed by atoms with Crippen molar-refractivity contribution in [3.05, 3.63) is 120 Å². The Bertz CT molecular complexity index is 1440. The summed E-state index contributed by atoms with van der Waals surface area (Å²) in [6.45, 7) is 12.6. The second-order valence-electron chi connectivity index (χ2n) is 8.72. The zero-order valence-corrected chi connectivity index (χ0v) is 22.2. The molecule has 0 N–H and O–H groups in total. The highest BCUT2D eigenvalue weighted by atomic mass is 16.5. The molecule has 0 heterocycles. The van der Waals surface area contributed by atoms with Crippen molar-refractivity contribution >= 4 is 23.8 Å². The molecular weight excluding hydrogens is 492 g/mol. The van der Waals surface area contributed by atoms with Crippen molar-refractivity contribution in [2.75, 3.05) is 6.61 Å². The predicted molar refractivity (Wildman–Crippen MR) is 153 cm³/mol. The van der Waals surface area contributed by atoms with Crippen LogP contribution in [0.1, 0.15) is 36.7 Å². The van der Waals surface area contributed by atoms with Crippen LogP contribution in [0.4, 0.5) is 0 Å². The number of rotatable bonds is 11. The molecular formula is C33H30O6. The van der Waals surface area contributed by atoms with Gasteiger partial charge in [-0.05, 0) is 80.4 Å². The summed E-state index contributed by atoms with van der Waals surface area (Å²) < 4.78 is 16.4. The Morgan fingerprint density at radius 2 is 1.36 bits per heavy atom. The third-order valence-corrected chi connectivity index (χ3v) is 5.43. The monoisotopic (exact) mass is 522 g/mol. The summed E-state index contributed by atoms with van der Waals surface area (Å²) in [5.41, 5.74) is 3.57. The number of carbonyl (C=O) groups is 3. The van der Waals surface area contributed by atoms with Crippen molar-refractivity contribution in [2.24, 2.45) is 0 Å². The first-order valence-electron chi connectivity index (χ1n) is 12.2.